The van der Waals surface area contributed by atoms with Crippen molar-refractivity contribution in [3.8, 4) is 0 Å². The zero-order valence-corrected chi connectivity index (χ0v) is 15.0. The molecule has 0 radical (unpaired) electrons. The molecule has 132 valence electrons. The van der Waals surface area contributed by atoms with Crippen molar-refractivity contribution in [1.82, 2.24) is 4.90 Å². The molecule has 0 bridgehead atoms. The minimum Gasteiger partial charge on any atom is -0.395 e. The summed E-state index contributed by atoms with van der Waals surface area (Å²) in [6, 6.07) is 13.8. The van der Waals surface area contributed by atoms with Crippen LogP contribution in [0.3, 0.4) is 0 Å². The summed E-state index contributed by atoms with van der Waals surface area (Å²) in [5.41, 5.74) is 1.41. The molecule has 5 nitrogen and oxygen atoms in total. The topological polar surface area (TPSA) is 60.9 Å². The van der Waals surface area contributed by atoms with Gasteiger partial charge in [-0.25, -0.2) is 0 Å². The number of benzene rings is 2. The predicted molar refractivity (Wildman–Crippen MR) is 99.3 cm³/mol. The summed E-state index contributed by atoms with van der Waals surface area (Å²) >= 11 is 6.07. The van der Waals surface area contributed by atoms with Crippen LogP contribution in [-0.2, 0) is 4.79 Å². The third-order valence-electron chi connectivity index (χ3n) is 3.86. The Hall–Kier alpha value is -2.21. The van der Waals surface area contributed by atoms with Gasteiger partial charge in [-0.15, -0.1) is 0 Å². The van der Waals surface area contributed by atoms with Crippen LogP contribution in [0.15, 0.2) is 48.5 Å². The summed E-state index contributed by atoms with van der Waals surface area (Å²) in [6.07, 6.45) is 0. The van der Waals surface area contributed by atoms with Crippen LogP contribution in [-0.4, -0.2) is 55.5 Å². The fraction of sp³-hybridized carbons (Fsp3) is 0.263. The van der Waals surface area contributed by atoms with E-state index >= 15 is 0 Å². The molecule has 2 aromatic rings. The smallest absolute Gasteiger partial charge is 0.240 e. The number of carbonyl (C=O) groups is 2. The lowest BCUT2D eigenvalue weighted by Gasteiger charge is -2.23. The molecule has 0 atom stereocenters. The molecule has 0 saturated heterocycles. The zero-order valence-electron chi connectivity index (χ0n) is 14.3. The number of anilines is 1. The Labute approximate surface area is 152 Å². The van der Waals surface area contributed by atoms with Gasteiger partial charge in [0.05, 0.1) is 18.8 Å². The summed E-state index contributed by atoms with van der Waals surface area (Å²) in [7, 11) is 3.37. The van der Waals surface area contributed by atoms with Gasteiger partial charge in [0, 0.05) is 29.7 Å². The highest BCUT2D eigenvalue weighted by atomic mass is 35.5. The van der Waals surface area contributed by atoms with E-state index in [1.165, 1.54) is 4.90 Å². The van der Waals surface area contributed by atoms with E-state index in [4.69, 9.17) is 16.7 Å². The molecule has 0 unspecified atom stereocenters. The molecule has 0 aliphatic heterocycles. The van der Waals surface area contributed by atoms with Gasteiger partial charge in [0.2, 0.25) is 5.91 Å². The van der Waals surface area contributed by atoms with Gasteiger partial charge in [0.1, 0.15) is 0 Å². The molecule has 0 heterocycles. The first kappa shape index (κ1) is 19.1. The first-order chi connectivity index (χ1) is 11.9. The molecular weight excluding hydrogens is 340 g/mol. The van der Waals surface area contributed by atoms with Crippen molar-refractivity contribution in [3.05, 3.63) is 64.7 Å². The molecule has 0 aliphatic rings. The molecule has 6 heteroatoms. The van der Waals surface area contributed by atoms with E-state index in [9.17, 15) is 9.59 Å². The van der Waals surface area contributed by atoms with Crippen LogP contribution in [0, 0.1) is 0 Å². The number of aliphatic hydroxyl groups excluding tert-OH is 1. The third-order valence-corrected chi connectivity index (χ3v) is 4.10. The molecule has 0 fully saturated rings. The lowest BCUT2D eigenvalue weighted by Crippen LogP contribution is -2.38. The van der Waals surface area contributed by atoms with E-state index in [0.717, 1.165) is 0 Å². The maximum absolute atomic E-state index is 12.8. The van der Waals surface area contributed by atoms with Crippen molar-refractivity contribution in [1.29, 1.82) is 0 Å². The summed E-state index contributed by atoms with van der Waals surface area (Å²) in [5.74, 6) is -0.373. The Bertz CT molecular complexity index is 750. The summed E-state index contributed by atoms with van der Waals surface area (Å²) in [6.45, 7) is 0.515. The second-order valence-electron chi connectivity index (χ2n) is 5.77. The molecule has 2 aromatic carbocycles. The van der Waals surface area contributed by atoms with Crippen molar-refractivity contribution < 1.29 is 14.7 Å². The monoisotopic (exact) mass is 360 g/mol. The van der Waals surface area contributed by atoms with Gasteiger partial charge in [-0.2, -0.15) is 0 Å². The maximum Gasteiger partial charge on any atom is 0.240 e. The van der Waals surface area contributed by atoms with Crippen molar-refractivity contribution in [2.45, 2.75) is 0 Å². The first-order valence-corrected chi connectivity index (χ1v) is 8.27. The maximum atomic E-state index is 12.8. The molecule has 2 rings (SSSR count). The number of rotatable bonds is 7. The highest BCUT2D eigenvalue weighted by Crippen LogP contribution is 2.26. The van der Waals surface area contributed by atoms with Crippen molar-refractivity contribution in [3.63, 3.8) is 0 Å². The van der Waals surface area contributed by atoms with E-state index in [2.05, 4.69) is 0 Å². The standard InChI is InChI=1S/C19H21ClN2O3/c1-21(10-11-23)13-18(24)22(2)17-9-8-15(20)12-16(17)19(25)14-6-4-3-5-7-14/h3-9,12,23H,10-11,13H2,1-2H3. The van der Waals surface area contributed by atoms with E-state index in [1.807, 2.05) is 6.07 Å². The summed E-state index contributed by atoms with van der Waals surface area (Å²) in [4.78, 5) is 28.5. The second kappa shape index (κ2) is 8.76. The minimum absolute atomic E-state index is 0.0216. The van der Waals surface area contributed by atoms with Crippen LogP contribution in [0.1, 0.15) is 15.9 Å². The van der Waals surface area contributed by atoms with Gasteiger partial charge >= 0.3 is 0 Å². The van der Waals surface area contributed by atoms with E-state index < -0.39 is 0 Å². The molecule has 0 saturated carbocycles. The third kappa shape index (κ3) is 4.89. The summed E-state index contributed by atoms with van der Waals surface area (Å²) < 4.78 is 0. The number of aliphatic hydroxyl groups is 1. The Morgan fingerprint density at radius 1 is 1.08 bits per heavy atom. The lowest BCUT2D eigenvalue weighted by molar-refractivity contribution is -0.119. The largest absolute Gasteiger partial charge is 0.395 e. The van der Waals surface area contributed by atoms with Gasteiger partial charge in [0.25, 0.3) is 0 Å². The number of amides is 1. The van der Waals surface area contributed by atoms with Crippen molar-refractivity contribution in [2.75, 3.05) is 38.7 Å². The fourth-order valence-corrected chi connectivity index (χ4v) is 2.62. The van der Waals surface area contributed by atoms with Crippen LogP contribution in [0.25, 0.3) is 0 Å². The van der Waals surface area contributed by atoms with Crippen LogP contribution in [0.4, 0.5) is 5.69 Å². The van der Waals surface area contributed by atoms with Gasteiger partial charge in [-0.05, 0) is 25.2 Å². The average Bonchev–Trinajstić information content (AvgIpc) is 2.61. The Balaban J connectivity index is 2.32. The normalized spacial score (nSPS) is 10.8. The number of halogens is 1. The molecular formula is C19H21ClN2O3. The number of likely N-dealkylation sites (N-methyl/N-ethyl adjacent to an activating group) is 2. The molecule has 1 amide bonds. The van der Waals surface area contributed by atoms with Crippen LogP contribution < -0.4 is 4.90 Å². The second-order valence-corrected chi connectivity index (χ2v) is 6.21. The number of carbonyl (C=O) groups excluding carboxylic acids is 2. The number of nitrogens with zero attached hydrogens (tertiary/aromatic N) is 2. The van der Waals surface area contributed by atoms with E-state index in [1.54, 1.807) is 61.5 Å². The molecule has 0 aliphatic carbocycles. The SMILES string of the molecule is CN(CCO)CC(=O)N(C)c1ccc(Cl)cc1C(=O)c1ccccc1. The van der Waals surface area contributed by atoms with Gasteiger partial charge in [-0.1, -0.05) is 41.9 Å². The quantitative estimate of drug-likeness (QED) is 0.770. The first-order valence-electron chi connectivity index (χ1n) is 7.89. The highest BCUT2D eigenvalue weighted by molar-refractivity contribution is 6.31. The Morgan fingerprint density at radius 3 is 2.40 bits per heavy atom. The Kier molecular flexibility index (Phi) is 6.70. The zero-order chi connectivity index (χ0) is 18.4. The van der Waals surface area contributed by atoms with Gasteiger partial charge in [0.15, 0.2) is 5.78 Å². The van der Waals surface area contributed by atoms with E-state index in [-0.39, 0.29) is 24.8 Å². The van der Waals surface area contributed by atoms with Crippen LogP contribution in [0.5, 0.6) is 0 Å². The number of ketones is 1. The van der Waals surface area contributed by atoms with Crippen molar-refractivity contribution in [2.24, 2.45) is 0 Å². The average molecular weight is 361 g/mol. The predicted octanol–water partition coefficient (Wildman–Crippen LogP) is 2.46. The fourth-order valence-electron chi connectivity index (χ4n) is 2.45. The minimum atomic E-state index is -0.193. The highest BCUT2D eigenvalue weighted by Gasteiger charge is 2.21. The van der Waals surface area contributed by atoms with E-state index in [0.29, 0.717) is 28.4 Å². The van der Waals surface area contributed by atoms with Crippen LogP contribution >= 0.6 is 11.6 Å². The lowest BCUT2D eigenvalue weighted by atomic mass is 10.0. The van der Waals surface area contributed by atoms with Crippen molar-refractivity contribution >= 4 is 29.0 Å². The number of hydrogen-bond acceptors (Lipinski definition) is 4. The number of hydrogen-bond donors (Lipinski definition) is 1. The van der Waals surface area contributed by atoms with Crippen LogP contribution in [0.2, 0.25) is 5.02 Å². The Morgan fingerprint density at radius 2 is 1.76 bits per heavy atom. The van der Waals surface area contributed by atoms with Gasteiger partial charge < -0.3 is 10.0 Å². The molecule has 0 spiro atoms. The summed E-state index contributed by atoms with van der Waals surface area (Å²) in [5, 5.41) is 9.38. The van der Waals surface area contributed by atoms with Gasteiger partial charge in [-0.3, -0.25) is 14.5 Å². The molecule has 25 heavy (non-hydrogen) atoms. The molecule has 1 N–H and O–H groups in total. The molecule has 0 aromatic heterocycles.